The number of rotatable bonds is 4. The van der Waals surface area contributed by atoms with Gasteiger partial charge in [0.2, 0.25) is 0 Å². The van der Waals surface area contributed by atoms with E-state index in [0.717, 1.165) is 0 Å². The van der Waals surface area contributed by atoms with E-state index in [1.54, 1.807) is 0 Å². The molecule has 0 radical (unpaired) electrons. The number of nitrogens with zero attached hydrogens (tertiary/aromatic N) is 4. The standard InChI is InChI=1S/2C6H13N2.Al/c2*1-2-8-5-3-7-4-6-8;/h2*2-6H2,1H3;/q2*-1;+3. The monoisotopic (exact) mass is 253 g/mol. The van der Waals surface area contributed by atoms with Crippen LogP contribution in [0.2, 0.25) is 0 Å². The van der Waals surface area contributed by atoms with Crippen LogP contribution in [-0.4, -0.2) is 98.7 Å². The van der Waals surface area contributed by atoms with Gasteiger partial charge in [-0.1, -0.05) is 0 Å². The zero-order valence-electron chi connectivity index (χ0n) is 11.4. The van der Waals surface area contributed by atoms with E-state index in [2.05, 4.69) is 31.4 Å². The van der Waals surface area contributed by atoms with Gasteiger partial charge >= 0.3 is 113 Å². The molecule has 0 aromatic carbocycles. The Morgan fingerprint density at radius 1 is 0.647 bits per heavy atom. The van der Waals surface area contributed by atoms with Gasteiger partial charge in [-0.3, -0.25) is 0 Å². The van der Waals surface area contributed by atoms with Crippen molar-refractivity contribution in [2.45, 2.75) is 13.8 Å². The van der Waals surface area contributed by atoms with E-state index < -0.39 is 0 Å². The van der Waals surface area contributed by atoms with Crippen molar-refractivity contribution in [1.82, 2.24) is 17.6 Å². The Morgan fingerprint density at radius 3 is 1.29 bits per heavy atom. The fraction of sp³-hybridized carbons (Fsp3) is 1.00. The first-order valence-corrected chi connectivity index (χ1v) is 8.13. The minimum atomic E-state index is 0.399. The Balaban J connectivity index is 1.65. The summed E-state index contributed by atoms with van der Waals surface area (Å²) < 4.78 is 5.40. The van der Waals surface area contributed by atoms with Gasteiger partial charge in [-0.05, 0) is 0 Å². The molecule has 0 aromatic rings. The van der Waals surface area contributed by atoms with Gasteiger partial charge in [0.1, 0.15) is 0 Å². The summed E-state index contributed by atoms with van der Waals surface area (Å²) in [7, 11) is 0. The van der Waals surface area contributed by atoms with E-state index in [4.69, 9.17) is 0 Å². The number of piperazine rings is 2. The molecular weight excluding hydrogens is 227 g/mol. The molecule has 2 aliphatic rings. The third-order valence-corrected chi connectivity index (χ3v) is 5.72. The Labute approximate surface area is 113 Å². The molecule has 2 rings (SSSR count). The van der Waals surface area contributed by atoms with Crippen molar-refractivity contribution in [2.24, 2.45) is 0 Å². The maximum atomic E-state index is 2.70. The Bertz CT molecular complexity index is 189. The second-order valence-electron chi connectivity index (χ2n) is 5.06. The summed E-state index contributed by atoms with van der Waals surface area (Å²) in [6.07, 6.45) is 0. The summed E-state index contributed by atoms with van der Waals surface area (Å²) >= 11 is 0.399. The molecule has 0 bridgehead atoms. The van der Waals surface area contributed by atoms with Gasteiger partial charge in [0, 0.05) is 0 Å². The van der Waals surface area contributed by atoms with E-state index in [-0.39, 0.29) is 0 Å². The van der Waals surface area contributed by atoms with Gasteiger partial charge in [-0.25, -0.2) is 0 Å². The molecule has 17 heavy (non-hydrogen) atoms. The van der Waals surface area contributed by atoms with Crippen molar-refractivity contribution >= 4 is 15.7 Å². The van der Waals surface area contributed by atoms with Crippen LogP contribution in [-0.2, 0) is 0 Å². The van der Waals surface area contributed by atoms with Crippen LogP contribution in [0.3, 0.4) is 0 Å². The van der Waals surface area contributed by atoms with E-state index in [9.17, 15) is 0 Å². The average Bonchev–Trinajstić information content (AvgIpc) is 2.40. The van der Waals surface area contributed by atoms with Crippen LogP contribution in [0.15, 0.2) is 0 Å². The van der Waals surface area contributed by atoms with Crippen molar-refractivity contribution in [2.75, 3.05) is 65.4 Å². The first-order chi connectivity index (χ1) is 8.31. The summed E-state index contributed by atoms with van der Waals surface area (Å²) in [6, 6.07) is 0. The van der Waals surface area contributed by atoms with Crippen LogP contribution in [0.1, 0.15) is 13.8 Å². The third-order valence-electron chi connectivity index (χ3n) is 4.03. The molecule has 0 aromatic heterocycles. The molecule has 2 heterocycles. The molecule has 4 nitrogen and oxygen atoms in total. The molecule has 0 amide bonds. The second kappa shape index (κ2) is 7.08. The molecule has 5 heteroatoms. The van der Waals surface area contributed by atoms with Crippen LogP contribution < -0.4 is 0 Å². The summed E-state index contributed by atoms with van der Waals surface area (Å²) in [5, 5.41) is 0. The molecule has 0 saturated carbocycles. The molecule has 0 unspecified atom stereocenters. The van der Waals surface area contributed by atoms with Crippen LogP contribution in [0, 0.1) is 0 Å². The van der Waals surface area contributed by atoms with Gasteiger partial charge in [0.05, 0.1) is 0 Å². The molecule has 96 valence electrons. The normalized spacial score (nSPS) is 26.0. The van der Waals surface area contributed by atoms with Crippen LogP contribution >= 0.6 is 0 Å². The Kier molecular flexibility index (Phi) is 5.75. The van der Waals surface area contributed by atoms with E-state index in [1.165, 1.54) is 65.4 Å². The zero-order chi connectivity index (χ0) is 12.1. The first-order valence-electron chi connectivity index (χ1n) is 7.09. The number of likely N-dealkylation sites (N-methyl/N-ethyl adjacent to an activating group) is 2. The number of hydrogen-bond donors (Lipinski definition) is 0. The molecule has 0 atom stereocenters. The van der Waals surface area contributed by atoms with Crippen LogP contribution in [0.25, 0.3) is 0 Å². The third kappa shape index (κ3) is 4.20. The average molecular weight is 253 g/mol. The molecule has 0 spiro atoms. The first kappa shape index (κ1) is 13.8. The van der Waals surface area contributed by atoms with Gasteiger partial charge in [0.25, 0.3) is 0 Å². The predicted octanol–water partition coefficient (Wildman–Crippen LogP) is -0.204. The van der Waals surface area contributed by atoms with Crippen molar-refractivity contribution in [1.29, 1.82) is 0 Å². The predicted molar refractivity (Wildman–Crippen MR) is 73.1 cm³/mol. The second-order valence-corrected chi connectivity index (χ2v) is 6.75. The topological polar surface area (TPSA) is 13.0 Å². The molecule has 2 saturated heterocycles. The SMILES string of the molecule is CCN1CC[N]([Al+][N]2CCN(CC)CC2)CC1. The molecule has 0 aliphatic carbocycles. The Hall–Kier alpha value is 0.372. The minimum absolute atomic E-state index is 0.399. The van der Waals surface area contributed by atoms with E-state index in [0.29, 0.717) is 15.7 Å². The van der Waals surface area contributed by atoms with Gasteiger partial charge in [0.15, 0.2) is 0 Å². The number of hydrogen-bond acceptors (Lipinski definition) is 4. The fourth-order valence-electron chi connectivity index (χ4n) is 2.62. The van der Waals surface area contributed by atoms with Gasteiger partial charge in [-0.15, -0.1) is 0 Å². The molecule has 0 N–H and O–H groups in total. The maximum absolute atomic E-state index is 2.70. The van der Waals surface area contributed by atoms with Crippen molar-refractivity contribution in [3.8, 4) is 0 Å². The summed E-state index contributed by atoms with van der Waals surface area (Å²) in [4.78, 5) is 5.12. The van der Waals surface area contributed by atoms with Crippen LogP contribution in [0.5, 0.6) is 0 Å². The van der Waals surface area contributed by atoms with Gasteiger partial charge < -0.3 is 0 Å². The van der Waals surface area contributed by atoms with E-state index in [1.807, 2.05) is 0 Å². The fourth-order valence-corrected chi connectivity index (χ4v) is 4.01. The molecule has 2 aliphatic heterocycles. The van der Waals surface area contributed by atoms with E-state index >= 15 is 0 Å². The summed E-state index contributed by atoms with van der Waals surface area (Å²) in [6.45, 7) is 17.2. The van der Waals surface area contributed by atoms with Crippen LogP contribution in [0.4, 0.5) is 0 Å². The zero-order valence-corrected chi connectivity index (χ0v) is 12.6. The summed E-state index contributed by atoms with van der Waals surface area (Å²) in [5.74, 6) is 0. The van der Waals surface area contributed by atoms with Gasteiger partial charge in [-0.2, -0.15) is 0 Å². The van der Waals surface area contributed by atoms with Crippen molar-refractivity contribution < 1.29 is 0 Å². The summed E-state index contributed by atoms with van der Waals surface area (Å²) in [5.41, 5.74) is 0. The van der Waals surface area contributed by atoms with Crippen molar-refractivity contribution in [3.63, 3.8) is 0 Å². The quantitative estimate of drug-likeness (QED) is 0.643. The van der Waals surface area contributed by atoms with Crippen molar-refractivity contribution in [3.05, 3.63) is 0 Å². The molecule has 2 fully saturated rings. The Morgan fingerprint density at radius 2 is 1.00 bits per heavy atom. The molecular formula is C12H26AlN4+.